The third-order valence-corrected chi connectivity index (χ3v) is 9.58. The first-order chi connectivity index (χ1) is 14.4. The number of aromatic nitrogens is 1. The minimum atomic E-state index is -0.983. The van der Waals surface area contributed by atoms with Crippen LogP contribution < -0.4 is 4.74 Å². The fourth-order valence-corrected chi connectivity index (χ4v) is 6.37. The second-order valence-electron chi connectivity index (χ2n) is 9.12. The molecule has 2 heterocycles. The van der Waals surface area contributed by atoms with Crippen LogP contribution in [-0.4, -0.2) is 37.7 Å². The van der Waals surface area contributed by atoms with E-state index in [4.69, 9.17) is 4.74 Å². The Bertz CT molecular complexity index is 999. The van der Waals surface area contributed by atoms with Gasteiger partial charge in [0.1, 0.15) is 11.6 Å². The van der Waals surface area contributed by atoms with Gasteiger partial charge in [0.05, 0.1) is 12.8 Å². The molecule has 30 heavy (non-hydrogen) atoms. The molecule has 4 rings (SSSR count). The summed E-state index contributed by atoms with van der Waals surface area (Å²) in [6.07, 6.45) is 0. The monoisotopic (exact) mass is 422 g/mol. The Hall–Kier alpha value is -2.37. The molecule has 3 nitrogen and oxygen atoms in total. The average molecular weight is 423 g/mol. The number of nitrogens with zero attached hydrogens (tertiary/aromatic N) is 2. The molecule has 0 radical (unpaired) electrons. The van der Waals surface area contributed by atoms with Gasteiger partial charge in [-0.3, -0.25) is 4.90 Å². The average Bonchev–Trinajstić information content (AvgIpc) is 3.06. The van der Waals surface area contributed by atoms with E-state index in [1.165, 1.54) is 48.6 Å². The van der Waals surface area contributed by atoms with Crippen molar-refractivity contribution in [2.45, 2.75) is 38.7 Å². The Morgan fingerprint density at radius 3 is 2.20 bits per heavy atom. The summed E-state index contributed by atoms with van der Waals surface area (Å²) in [6, 6.07) is 20.0. The molecule has 5 heteroatoms. The van der Waals surface area contributed by atoms with Crippen LogP contribution in [0.3, 0.4) is 0 Å². The van der Waals surface area contributed by atoms with Gasteiger partial charge in [-0.15, -0.1) is 0 Å². The quantitative estimate of drug-likeness (QED) is 0.461. The van der Waals surface area contributed by atoms with E-state index in [-0.39, 0.29) is 5.82 Å². The standard InChI is InChI=1S/C25H31FN2OSi/c1-19-21(18-27-13-15-30(3,4)16-14-27)17-25(20-5-11-24(29-2)12-6-20)28(19)23-9-7-22(26)8-10-23/h5-12,17H,13-16,18H2,1-4H3. The zero-order valence-electron chi connectivity index (χ0n) is 18.4. The number of ether oxygens (including phenoxy) is 1. The highest BCUT2D eigenvalue weighted by molar-refractivity contribution is 6.77. The molecule has 158 valence electrons. The van der Waals surface area contributed by atoms with Crippen molar-refractivity contribution in [1.29, 1.82) is 0 Å². The maximum absolute atomic E-state index is 13.6. The number of hydrogen-bond acceptors (Lipinski definition) is 2. The van der Waals surface area contributed by atoms with Crippen molar-refractivity contribution < 1.29 is 9.13 Å². The predicted octanol–water partition coefficient (Wildman–Crippen LogP) is 6.12. The largest absolute Gasteiger partial charge is 0.497 e. The lowest BCUT2D eigenvalue weighted by Gasteiger charge is -2.35. The third kappa shape index (κ3) is 4.37. The van der Waals surface area contributed by atoms with Crippen molar-refractivity contribution in [2.24, 2.45) is 0 Å². The van der Waals surface area contributed by atoms with Crippen molar-refractivity contribution in [3.05, 3.63) is 71.7 Å². The molecule has 0 atom stereocenters. The van der Waals surface area contributed by atoms with Crippen LogP contribution in [0.5, 0.6) is 5.75 Å². The molecule has 0 unspecified atom stereocenters. The van der Waals surface area contributed by atoms with Gasteiger partial charge in [0.25, 0.3) is 0 Å². The van der Waals surface area contributed by atoms with Crippen molar-refractivity contribution >= 4 is 8.07 Å². The zero-order valence-corrected chi connectivity index (χ0v) is 19.4. The van der Waals surface area contributed by atoms with Crippen molar-refractivity contribution in [3.63, 3.8) is 0 Å². The summed E-state index contributed by atoms with van der Waals surface area (Å²) in [5, 5.41) is 0. The van der Waals surface area contributed by atoms with E-state index in [1.807, 2.05) is 24.3 Å². The zero-order chi connectivity index (χ0) is 21.3. The third-order valence-electron chi connectivity index (χ3n) is 6.43. The van der Waals surface area contributed by atoms with E-state index >= 15 is 0 Å². The lowest BCUT2D eigenvalue weighted by atomic mass is 10.1. The van der Waals surface area contributed by atoms with E-state index in [0.29, 0.717) is 0 Å². The lowest BCUT2D eigenvalue weighted by molar-refractivity contribution is 0.281. The molecule has 0 bridgehead atoms. The fraction of sp³-hybridized carbons (Fsp3) is 0.360. The summed E-state index contributed by atoms with van der Waals surface area (Å²) in [7, 11) is 0.699. The summed E-state index contributed by atoms with van der Waals surface area (Å²) in [5.41, 5.74) is 5.80. The first-order valence-corrected chi connectivity index (χ1v) is 14.1. The summed E-state index contributed by atoms with van der Waals surface area (Å²) >= 11 is 0. The second kappa shape index (κ2) is 8.40. The van der Waals surface area contributed by atoms with Gasteiger partial charge in [-0.25, -0.2) is 4.39 Å². The molecule has 0 N–H and O–H groups in total. The van der Waals surface area contributed by atoms with Gasteiger partial charge in [-0.1, -0.05) is 13.1 Å². The molecule has 0 amide bonds. The number of methoxy groups -OCH3 is 1. The molecular formula is C25H31FN2OSi. The van der Waals surface area contributed by atoms with E-state index in [1.54, 1.807) is 7.11 Å². The topological polar surface area (TPSA) is 17.4 Å². The molecule has 2 aromatic carbocycles. The van der Waals surface area contributed by atoms with Crippen molar-refractivity contribution in [1.82, 2.24) is 9.47 Å². The molecule has 1 aliphatic heterocycles. The van der Waals surface area contributed by atoms with E-state index < -0.39 is 8.07 Å². The molecule has 3 aromatic rings. The Balaban J connectivity index is 1.72. The maximum Gasteiger partial charge on any atom is 0.123 e. The highest BCUT2D eigenvalue weighted by Crippen LogP contribution is 2.32. The van der Waals surface area contributed by atoms with Crippen LogP contribution in [0.4, 0.5) is 4.39 Å². The Labute approximate surface area is 180 Å². The summed E-state index contributed by atoms with van der Waals surface area (Å²) < 4.78 is 21.1. The highest BCUT2D eigenvalue weighted by atomic mass is 28.3. The molecule has 1 saturated heterocycles. The number of halogens is 1. The van der Waals surface area contributed by atoms with E-state index in [2.05, 4.69) is 47.7 Å². The van der Waals surface area contributed by atoms with Gasteiger partial charge in [0.15, 0.2) is 0 Å². The van der Waals surface area contributed by atoms with Crippen LogP contribution in [-0.2, 0) is 6.54 Å². The van der Waals surface area contributed by atoms with Crippen LogP contribution in [0.1, 0.15) is 11.3 Å². The number of rotatable bonds is 5. The molecule has 1 aromatic heterocycles. The Morgan fingerprint density at radius 2 is 1.60 bits per heavy atom. The minimum Gasteiger partial charge on any atom is -0.497 e. The smallest absolute Gasteiger partial charge is 0.123 e. The van der Waals surface area contributed by atoms with Crippen LogP contribution in [0.15, 0.2) is 54.6 Å². The molecular weight excluding hydrogens is 391 g/mol. The van der Waals surface area contributed by atoms with Crippen LogP contribution in [0.2, 0.25) is 25.2 Å². The minimum absolute atomic E-state index is 0.213. The van der Waals surface area contributed by atoms with Gasteiger partial charge >= 0.3 is 0 Å². The molecule has 0 saturated carbocycles. The first kappa shape index (κ1) is 20.9. The van der Waals surface area contributed by atoms with Crippen LogP contribution in [0, 0.1) is 12.7 Å². The fourth-order valence-electron chi connectivity index (χ4n) is 4.27. The molecule has 1 aliphatic rings. The molecule has 1 fully saturated rings. The van der Waals surface area contributed by atoms with Crippen molar-refractivity contribution in [3.8, 4) is 22.7 Å². The number of hydrogen-bond donors (Lipinski definition) is 0. The lowest BCUT2D eigenvalue weighted by Crippen LogP contribution is -2.42. The summed E-state index contributed by atoms with van der Waals surface area (Å²) in [5.74, 6) is 0.630. The number of benzene rings is 2. The van der Waals surface area contributed by atoms with Gasteiger partial charge < -0.3 is 9.30 Å². The summed E-state index contributed by atoms with van der Waals surface area (Å²) in [4.78, 5) is 2.59. The highest BCUT2D eigenvalue weighted by Gasteiger charge is 2.28. The Morgan fingerprint density at radius 1 is 0.967 bits per heavy atom. The first-order valence-electron chi connectivity index (χ1n) is 10.7. The molecule has 0 spiro atoms. The van der Waals surface area contributed by atoms with Gasteiger partial charge in [0.2, 0.25) is 0 Å². The predicted molar refractivity (Wildman–Crippen MR) is 125 cm³/mol. The molecule has 0 aliphatic carbocycles. The van der Waals surface area contributed by atoms with Crippen molar-refractivity contribution in [2.75, 3.05) is 20.2 Å². The SMILES string of the molecule is COc1ccc(-c2cc(CN3CC[Si](C)(C)CC3)c(C)n2-c2ccc(F)cc2)cc1. The maximum atomic E-state index is 13.6. The van der Waals surface area contributed by atoms with E-state index in [0.717, 1.165) is 29.2 Å². The second-order valence-corrected chi connectivity index (χ2v) is 14.4. The Kier molecular flexibility index (Phi) is 5.85. The normalized spacial score (nSPS) is 16.6. The van der Waals surface area contributed by atoms with Gasteiger partial charge in [-0.05, 0) is 97.8 Å². The van der Waals surface area contributed by atoms with Crippen LogP contribution >= 0.6 is 0 Å². The van der Waals surface area contributed by atoms with Gasteiger partial charge in [-0.2, -0.15) is 0 Å². The van der Waals surface area contributed by atoms with Gasteiger partial charge in [0, 0.05) is 26.0 Å². The van der Waals surface area contributed by atoms with Crippen LogP contribution in [0.25, 0.3) is 16.9 Å². The van der Waals surface area contributed by atoms with E-state index in [9.17, 15) is 4.39 Å². The summed E-state index contributed by atoms with van der Waals surface area (Å²) in [6.45, 7) is 10.5.